The number of ether oxygens (including phenoxy) is 1. The van der Waals surface area contributed by atoms with Crippen LogP contribution in [0.1, 0.15) is 47.5 Å². The number of amides is 2. The highest BCUT2D eigenvalue weighted by atomic mass is 16.6. The van der Waals surface area contributed by atoms with Gasteiger partial charge in [-0.1, -0.05) is 13.8 Å². The van der Waals surface area contributed by atoms with E-state index in [-0.39, 0.29) is 30.6 Å². The van der Waals surface area contributed by atoms with Crippen molar-refractivity contribution in [2.24, 2.45) is 5.92 Å². The quantitative estimate of drug-likeness (QED) is 0.566. The van der Waals surface area contributed by atoms with Crippen LogP contribution in [0.5, 0.6) is 0 Å². The lowest BCUT2D eigenvalue weighted by Crippen LogP contribution is -2.49. The number of likely N-dealkylation sites (tertiary alicyclic amines) is 1. The second-order valence-electron chi connectivity index (χ2n) is 5.88. The molecular weight excluding hydrogens is 234 g/mol. The van der Waals surface area contributed by atoms with Gasteiger partial charge in [-0.05, 0) is 26.7 Å². The Labute approximate surface area is 107 Å². The van der Waals surface area contributed by atoms with E-state index < -0.39 is 17.6 Å². The van der Waals surface area contributed by atoms with Crippen molar-refractivity contribution >= 4 is 17.8 Å². The van der Waals surface area contributed by atoms with Crippen LogP contribution in [-0.2, 0) is 19.1 Å². The Balaban J connectivity index is 2.93. The molecule has 1 aliphatic rings. The summed E-state index contributed by atoms with van der Waals surface area (Å²) in [5, 5.41) is 0. The summed E-state index contributed by atoms with van der Waals surface area (Å²) in [6, 6.07) is -0.813. The van der Waals surface area contributed by atoms with Gasteiger partial charge >= 0.3 is 5.97 Å². The molecular formula is C13H21NO4. The van der Waals surface area contributed by atoms with Gasteiger partial charge in [0.25, 0.3) is 0 Å². The van der Waals surface area contributed by atoms with Crippen molar-refractivity contribution in [3.63, 3.8) is 0 Å². The minimum atomic E-state index is -0.813. The van der Waals surface area contributed by atoms with Crippen LogP contribution < -0.4 is 0 Å². The number of carbonyl (C=O) groups excluding carboxylic acids is 3. The first-order valence-corrected chi connectivity index (χ1v) is 6.21. The standard InChI is InChI=1S/C13H21NO4/c1-8(2)11(12(17)18-13(3,4)5)14-9(15)6-7-10(14)16/h8,11H,6-7H2,1-5H3/t11-/m0/s1. The number of esters is 1. The zero-order valence-corrected chi connectivity index (χ0v) is 11.6. The van der Waals surface area contributed by atoms with Crippen LogP contribution in [0, 0.1) is 5.92 Å². The second kappa shape index (κ2) is 5.08. The van der Waals surface area contributed by atoms with Crippen molar-refractivity contribution in [3.8, 4) is 0 Å². The summed E-state index contributed by atoms with van der Waals surface area (Å²) in [5.41, 5.74) is -0.629. The van der Waals surface area contributed by atoms with Gasteiger partial charge < -0.3 is 4.74 Å². The van der Waals surface area contributed by atoms with Crippen molar-refractivity contribution in [3.05, 3.63) is 0 Å². The molecule has 0 aliphatic carbocycles. The van der Waals surface area contributed by atoms with Gasteiger partial charge in [0.05, 0.1) is 0 Å². The molecule has 1 saturated heterocycles. The zero-order chi connectivity index (χ0) is 14.1. The molecule has 1 fully saturated rings. The predicted octanol–water partition coefficient (Wildman–Crippen LogP) is 1.50. The van der Waals surface area contributed by atoms with Crippen LogP contribution in [0.2, 0.25) is 0 Å². The average molecular weight is 255 g/mol. The number of hydrogen-bond donors (Lipinski definition) is 0. The normalized spacial score (nSPS) is 18.4. The smallest absolute Gasteiger partial charge is 0.330 e. The van der Waals surface area contributed by atoms with Crippen molar-refractivity contribution in [2.45, 2.75) is 59.1 Å². The Kier molecular flexibility index (Phi) is 4.14. The lowest BCUT2D eigenvalue weighted by atomic mass is 10.0. The second-order valence-corrected chi connectivity index (χ2v) is 5.88. The van der Waals surface area contributed by atoms with E-state index in [1.807, 2.05) is 0 Å². The average Bonchev–Trinajstić information content (AvgIpc) is 2.46. The Morgan fingerprint density at radius 1 is 1.17 bits per heavy atom. The molecule has 0 saturated carbocycles. The maximum absolute atomic E-state index is 12.1. The van der Waals surface area contributed by atoms with Gasteiger partial charge in [0.2, 0.25) is 11.8 Å². The fraction of sp³-hybridized carbons (Fsp3) is 0.769. The third-order valence-corrected chi connectivity index (χ3v) is 2.65. The molecule has 5 heteroatoms. The van der Waals surface area contributed by atoms with Crippen molar-refractivity contribution in [2.75, 3.05) is 0 Å². The SMILES string of the molecule is CC(C)[C@@H](C(=O)OC(C)(C)C)N1C(=O)CCC1=O. The van der Waals surface area contributed by atoms with Crippen LogP contribution in [0.3, 0.4) is 0 Å². The molecule has 0 aromatic heterocycles. The van der Waals surface area contributed by atoms with Crippen molar-refractivity contribution in [1.82, 2.24) is 4.90 Å². The summed E-state index contributed by atoms with van der Waals surface area (Å²) >= 11 is 0. The maximum Gasteiger partial charge on any atom is 0.330 e. The van der Waals surface area contributed by atoms with Crippen molar-refractivity contribution < 1.29 is 19.1 Å². The number of imide groups is 1. The molecule has 0 bridgehead atoms. The molecule has 0 aromatic carbocycles. The predicted molar refractivity (Wildman–Crippen MR) is 65.6 cm³/mol. The molecule has 1 rings (SSSR count). The summed E-state index contributed by atoms with van der Waals surface area (Å²) in [6.07, 6.45) is 0.371. The lowest BCUT2D eigenvalue weighted by Gasteiger charge is -2.30. The summed E-state index contributed by atoms with van der Waals surface area (Å²) in [6.45, 7) is 8.88. The van der Waals surface area contributed by atoms with Crippen LogP contribution in [-0.4, -0.2) is 34.3 Å². The molecule has 0 aromatic rings. The van der Waals surface area contributed by atoms with Crippen molar-refractivity contribution in [1.29, 1.82) is 0 Å². The van der Waals surface area contributed by atoms with Gasteiger partial charge in [0.15, 0.2) is 0 Å². The van der Waals surface area contributed by atoms with E-state index in [1.165, 1.54) is 0 Å². The van der Waals surface area contributed by atoms with E-state index in [0.717, 1.165) is 4.90 Å². The van der Waals surface area contributed by atoms with E-state index >= 15 is 0 Å². The molecule has 0 spiro atoms. The van der Waals surface area contributed by atoms with Gasteiger partial charge in [-0.2, -0.15) is 0 Å². The summed E-state index contributed by atoms with van der Waals surface area (Å²) < 4.78 is 5.29. The lowest BCUT2D eigenvalue weighted by molar-refractivity contribution is -0.168. The highest BCUT2D eigenvalue weighted by molar-refractivity contribution is 6.05. The third kappa shape index (κ3) is 3.31. The molecule has 0 unspecified atom stereocenters. The molecule has 18 heavy (non-hydrogen) atoms. The van der Waals surface area contributed by atoms with Crippen LogP contribution in [0.25, 0.3) is 0 Å². The van der Waals surface area contributed by atoms with E-state index in [4.69, 9.17) is 4.74 Å². The first kappa shape index (κ1) is 14.7. The first-order chi connectivity index (χ1) is 8.13. The van der Waals surface area contributed by atoms with E-state index in [9.17, 15) is 14.4 Å². The third-order valence-electron chi connectivity index (χ3n) is 2.65. The molecule has 5 nitrogen and oxygen atoms in total. The Morgan fingerprint density at radius 3 is 1.94 bits per heavy atom. The highest BCUT2D eigenvalue weighted by Gasteiger charge is 2.42. The fourth-order valence-corrected chi connectivity index (χ4v) is 1.94. The topological polar surface area (TPSA) is 63.7 Å². The Hall–Kier alpha value is -1.39. The van der Waals surface area contributed by atoms with Gasteiger partial charge in [-0.3, -0.25) is 14.5 Å². The molecule has 0 radical (unpaired) electrons. The van der Waals surface area contributed by atoms with E-state index in [2.05, 4.69) is 0 Å². The number of hydrogen-bond acceptors (Lipinski definition) is 4. The minimum Gasteiger partial charge on any atom is -0.458 e. The largest absolute Gasteiger partial charge is 0.458 e. The van der Waals surface area contributed by atoms with E-state index in [1.54, 1.807) is 34.6 Å². The molecule has 1 atom stereocenters. The van der Waals surface area contributed by atoms with Crippen LogP contribution in [0.4, 0.5) is 0 Å². The Morgan fingerprint density at radius 2 is 1.61 bits per heavy atom. The van der Waals surface area contributed by atoms with Gasteiger partial charge in [0.1, 0.15) is 11.6 Å². The zero-order valence-electron chi connectivity index (χ0n) is 11.6. The number of nitrogens with zero attached hydrogens (tertiary/aromatic N) is 1. The van der Waals surface area contributed by atoms with Crippen LogP contribution in [0.15, 0.2) is 0 Å². The number of rotatable bonds is 3. The van der Waals surface area contributed by atoms with Crippen LogP contribution >= 0.6 is 0 Å². The maximum atomic E-state index is 12.1. The van der Waals surface area contributed by atoms with Gasteiger partial charge in [-0.15, -0.1) is 0 Å². The monoisotopic (exact) mass is 255 g/mol. The molecule has 1 heterocycles. The summed E-state index contributed by atoms with van der Waals surface area (Å²) in [7, 11) is 0. The highest BCUT2D eigenvalue weighted by Crippen LogP contribution is 2.23. The number of carbonyl (C=O) groups is 3. The van der Waals surface area contributed by atoms with E-state index in [0.29, 0.717) is 0 Å². The summed E-state index contributed by atoms with van der Waals surface area (Å²) in [4.78, 5) is 36.6. The minimum absolute atomic E-state index is 0.161. The Bertz CT molecular complexity index is 352. The molecule has 1 aliphatic heterocycles. The van der Waals surface area contributed by atoms with Gasteiger partial charge in [-0.25, -0.2) is 4.79 Å². The van der Waals surface area contributed by atoms with Gasteiger partial charge in [0, 0.05) is 12.8 Å². The fourth-order valence-electron chi connectivity index (χ4n) is 1.94. The summed E-state index contributed by atoms with van der Waals surface area (Å²) in [5.74, 6) is -1.25. The molecule has 2 amide bonds. The first-order valence-electron chi connectivity index (χ1n) is 6.21. The molecule has 0 N–H and O–H groups in total. The molecule has 102 valence electrons.